The van der Waals surface area contributed by atoms with E-state index in [0.29, 0.717) is 0 Å². The van der Waals surface area contributed by atoms with E-state index in [2.05, 4.69) is 18.0 Å². The second-order valence-electron chi connectivity index (χ2n) is 3.53. The Labute approximate surface area is 61.4 Å². The summed E-state index contributed by atoms with van der Waals surface area (Å²) in [6.45, 7) is 0. The normalized spacial score (nSPS) is 48.3. The molecular weight excluding hydrogens is 128 g/mol. The summed E-state index contributed by atoms with van der Waals surface area (Å²) in [5, 5.41) is 0. The molecular formula is C8H14S. The van der Waals surface area contributed by atoms with E-state index in [0.717, 1.165) is 10.7 Å². The minimum absolute atomic E-state index is 0.769. The molecule has 0 heterocycles. The summed E-state index contributed by atoms with van der Waals surface area (Å²) in [4.78, 5) is 0. The molecule has 0 saturated heterocycles. The molecule has 1 heteroatoms. The minimum atomic E-state index is 0.769. The summed E-state index contributed by atoms with van der Waals surface area (Å²) in [7, 11) is 0. The topological polar surface area (TPSA) is 0 Å². The molecule has 0 aliphatic heterocycles. The minimum Gasteiger partial charge on any atom is -0.159 e. The summed E-state index contributed by atoms with van der Waals surface area (Å²) < 4.78 is 0.769. The number of fused-ring (bicyclic) bond motifs is 2. The van der Waals surface area contributed by atoms with Crippen molar-refractivity contribution < 1.29 is 0 Å². The molecule has 0 atom stereocenters. The van der Waals surface area contributed by atoms with Gasteiger partial charge < -0.3 is 0 Å². The fourth-order valence-electron chi connectivity index (χ4n) is 2.43. The number of hydrogen-bond acceptors (Lipinski definition) is 1. The Bertz CT molecular complexity index is 112. The highest BCUT2D eigenvalue weighted by Crippen LogP contribution is 2.54. The summed E-state index contributed by atoms with van der Waals surface area (Å²) >= 11 is 2.12. The van der Waals surface area contributed by atoms with Crippen LogP contribution in [0.2, 0.25) is 0 Å². The van der Waals surface area contributed by atoms with Gasteiger partial charge in [0, 0.05) is 4.75 Å². The van der Waals surface area contributed by atoms with E-state index in [1.165, 1.54) is 32.1 Å². The van der Waals surface area contributed by atoms with Gasteiger partial charge in [-0.25, -0.2) is 0 Å². The monoisotopic (exact) mass is 142 g/mol. The molecule has 9 heavy (non-hydrogen) atoms. The van der Waals surface area contributed by atoms with Crippen molar-refractivity contribution in [2.45, 2.75) is 36.9 Å². The van der Waals surface area contributed by atoms with E-state index < -0.39 is 0 Å². The van der Waals surface area contributed by atoms with Crippen LogP contribution >= 0.6 is 11.8 Å². The van der Waals surface area contributed by atoms with E-state index in [-0.39, 0.29) is 0 Å². The van der Waals surface area contributed by atoms with Crippen LogP contribution in [0, 0.1) is 5.92 Å². The van der Waals surface area contributed by atoms with Gasteiger partial charge in [0.15, 0.2) is 0 Å². The SMILES string of the molecule is CSC12CCC(CC1)C2. The Morgan fingerprint density at radius 1 is 1.33 bits per heavy atom. The van der Waals surface area contributed by atoms with Gasteiger partial charge in [0.1, 0.15) is 0 Å². The van der Waals surface area contributed by atoms with E-state index in [4.69, 9.17) is 0 Å². The first-order valence-corrected chi connectivity index (χ1v) is 5.12. The van der Waals surface area contributed by atoms with Crippen LogP contribution in [0.15, 0.2) is 0 Å². The quantitative estimate of drug-likeness (QED) is 0.542. The number of thioether (sulfide) groups is 1. The van der Waals surface area contributed by atoms with Crippen molar-refractivity contribution in [3.05, 3.63) is 0 Å². The molecule has 52 valence electrons. The van der Waals surface area contributed by atoms with Gasteiger partial charge in [-0.1, -0.05) is 0 Å². The lowest BCUT2D eigenvalue weighted by Crippen LogP contribution is -2.15. The molecule has 0 spiro atoms. The maximum Gasteiger partial charge on any atom is 0.0160 e. The maximum atomic E-state index is 2.29. The highest BCUT2D eigenvalue weighted by molar-refractivity contribution is 8.00. The third-order valence-electron chi connectivity index (χ3n) is 3.11. The van der Waals surface area contributed by atoms with Gasteiger partial charge in [-0.15, -0.1) is 0 Å². The van der Waals surface area contributed by atoms with Crippen LogP contribution in [0.25, 0.3) is 0 Å². The van der Waals surface area contributed by atoms with Crippen LogP contribution in [-0.4, -0.2) is 11.0 Å². The molecule has 0 nitrogen and oxygen atoms in total. The molecule has 0 amide bonds. The first kappa shape index (κ1) is 6.09. The largest absolute Gasteiger partial charge is 0.159 e. The van der Waals surface area contributed by atoms with Crippen molar-refractivity contribution in [1.82, 2.24) is 0 Å². The molecule has 0 aromatic carbocycles. The van der Waals surface area contributed by atoms with Crippen LogP contribution < -0.4 is 0 Å². The molecule has 0 unspecified atom stereocenters. The zero-order valence-corrected chi connectivity index (χ0v) is 6.84. The first-order valence-electron chi connectivity index (χ1n) is 3.90. The van der Waals surface area contributed by atoms with Crippen molar-refractivity contribution in [3.8, 4) is 0 Å². The van der Waals surface area contributed by atoms with Crippen molar-refractivity contribution in [1.29, 1.82) is 0 Å². The average molecular weight is 142 g/mol. The predicted octanol–water partition coefficient (Wildman–Crippen LogP) is 2.68. The van der Waals surface area contributed by atoms with Crippen molar-refractivity contribution >= 4 is 11.8 Å². The molecule has 2 saturated carbocycles. The molecule has 0 N–H and O–H groups in total. The molecule has 0 aromatic heterocycles. The Hall–Kier alpha value is 0.350. The molecule has 2 bridgehead atoms. The summed E-state index contributed by atoms with van der Waals surface area (Å²) in [6, 6.07) is 0. The Morgan fingerprint density at radius 2 is 2.00 bits per heavy atom. The van der Waals surface area contributed by atoms with E-state index in [1.54, 1.807) is 0 Å². The van der Waals surface area contributed by atoms with Crippen LogP contribution in [0.5, 0.6) is 0 Å². The van der Waals surface area contributed by atoms with E-state index >= 15 is 0 Å². The Morgan fingerprint density at radius 3 is 2.22 bits per heavy atom. The van der Waals surface area contributed by atoms with Gasteiger partial charge in [-0.05, 0) is 44.3 Å². The summed E-state index contributed by atoms with van der Waals surface area (Å²) in [5.74, 6) is 1.12. The van der Waals surface area contributed by atoms with E-state index in [1.807, 2.05) is 0 Å². The molecule has 2 aliphatic rings. The highest BCUT2D eigenvalue weighted by Gasteiger charge is 2.43. The average Bonchev–Trinajstić information content (AvgIpc) is 2.46. The number of hydrogen-bond donors (Lipinski definition) is 0. The maximum absolute atomic E-state index is 2.29. The third-order valence-corrected chi connectivity index (χ3v) is 4.55. The van der Waals surface area contributed by atoms with Gasteiger partial charge in [0.05, 0.1) is 0 Å². The molecule has 0 radical (unpaired) electrons. The fraction of sp³-hybridized carbons (Fsp3) is 1.00. The third kappa shape index (κ3) is 0.813. The number of rotatable bonds is 1. The highest BCUT2D eigenvalue weighted by atomic mass is 32.2. The van der Waals surface area contributed by atoms with Gasteiger partial charge in [0.2, 0.25) is 0 Å². The first-order chi connectivity index (χ1) is 4.35. The standard InChI is InChI=1S/C8H14S/c1-9-8-4-2-7(6-8)3-5-8/h7H,2-6H2,1H3. The van der Waals surface area contributed by atoms with Crippen LogP contribution in [-0.2, 0) is 0 Å². The van der Waals surface area contributed by atoms with Crippen LogP contribution in [0.4, 0.5) is 0 Å². The zero-order valence-electron chi connectivity index (χ0n) is 6.02. The zero-order chi connectivity index (χ0) is 6.32. The molecule has 2 rings (SSSR count). The predicted molar refractivity (Wildman–Crippen MR) is 42.8 cm³/mol. The Kier molecular flexibility index (Phi) is 1.29. The van der Waals surface area contributed by atoms with Crippen LogP contribution in [0.3, 0.4) is 0 Å². The molecule has 0 aromatic rings. The van der Waals surface area contributed by atoms with Gasteiger partial charge >= 0.3 is 0 Å². The van der Waals surface area contributed by atoms with Crippen molar-refractivity contribution in [3.63, 3.8) is 0 Å². The van der Waals surface area contributed by atoms with Gasteiger partial charge in [0.25, 0.3) is 0 Å². The van der Waals surface area contributed by atoms with Gasteiger partial charge in [-0.3, -0.25) is 0 Å². The van der Waals surface area contributed by atoms with E-state index in [9.17, 15) is 0 Å². The van der Waals surface area contributed by atoms with Crippen molar-refractivity contribution in [2.75, 3.05) is 6.26 Å². The van der Waals surface area contributed by atoms with Gasteiger partial charge in [-0.2, -0.15) is 11.8 Å². The summed E-state index contributed by atoms with van der Waals surface area (Å²) in [5.41, 5.74) is 0. The molecule has 2 fully saturated rings. The lowest BCUT2D eigenvalue weighted by molar-refractivity contribution is 0.500. The second-order valence-corrected chi connectivity index (χ2v) is 4.81. The lowest BCUT2D eigenvalue weighted by atomic mass is 10.0. The van der Waals surface area contributed by atoms with Crippen LogP contribution in [0.1, 0.15) is 32.1 Å². The second kappa shape index (κ2) is 1.91. The lowest BCUT2D eigenvalue weighted by Gasteiger charge is -2.23. The fourth-order valence-corrected chi connectivity index (χ4v) is 3.47. The smallest absolute Gasteiger partial charge is 0.0160 e. The van der Waals surface area contributed by atoms with Crippen molar-refractivity contribution in [2.24, 2.45) is 5.92 Å². The summed E-state index contributed by atoms with van der Waals surface area (Å²) in [6.07, 6.45) is 9.90. The Balaban J connectivity index is 2.13. The molecule has 2 aliphatic carbocycles.